The molecule has 0 aromatic heterocycles. The molecule has 2 atom stereocenters. The number of carbonyl (C=O) groups excluding carboxylic acids is 4. The summed E-state index contributed by atoms with van der Waals surface area (Å²) in [6.45, 7) is 1.75. The summed E-state index contributed by atoms with van der Waals surface area (Å²) in [5.74, 6) is -1.89. The van der Waals surface area contributed by atoms with Crippen molar-refractivity contribution in [3.63, 3.8) is 0 Å². The highest BCUT2D eigenvalue weighted by Gasteiger charge is 2.38. The Hall–Kier alpha value is -4.26. The SMILES string of the molecule is CC(c1ccccc1)N1CC(C(=O)OCC(=O)c2ccc(OC(=O)c3ccccc3)cc2)CC1=O. The van der Waals surface area contributed by atoms with Gasteiger partial charge in [-0.3, -0.25) is 14.4 Å². The fraction of sp³-hybridized carbons (Fsp3) is 0.214. The van der Waals surface area contributed by atoms with Gasteiger partial charge in [0.1, 0.15) is 5.75 Å². The minimum absolute atomic E-state index is 0.0612. The summed E-state index contributed by atoms with van der Waals surface area (Å²) in [5, 5.41) is 0. The molecule has 35 heavy (non-hydrogen) atoms. The first-order chi connectivity index (χ1) is 16.9. The second-order valence-corrected chi connectivity index (χ2v) is 8.34. The van der Waals surface area contributed by atoms with Crippen LogP contribution in [0.5, 0.6) is 5.75 Å². The predicted molar refractivity (Wildman–Crippen MR) is 128 cm³/mol. The number of carbonyl (C=O) groups is 4. The molecular weight excluding hydrogens is 446 g/mol. The third kappa shape index (κ3) is 5.81. The van der Waals surface area contributed by atoms with Gasteiger partial charge in [-0.25, -0.2) is 4.79 Å². The van der Waals surface area contributed by atoms with Crippen LogP contribution in [-0.2, 0) is 14.3 Å². The Labute approximate surface area is 203 Å². The van der Waals surface area contributed by atoms with Crippen LogP contribution in [0.3, 0.4) is 0 Å². The van der Waals surface area contributed by atoms with Crippen molar-refractivity contribution in [1.82, 2.24) is 4.90 Å². The van der Waals surface area contributed by atoms with Crippen LogP contribution >= 0.6 is 0 Å². The number of benzene rings is 3. The number of hydrogen-bond donors (Lipinski definition) is 0. The molecule has 7 heteroatoms. The number of Topliss-reactive ketones (excluding diaryl/α,β-unsaturated/α-hetero) is 1. The molecule has 178 valence electrons. The minimum Gasteiger partial charge on any atom is -0.457 e. The van der Waals surface area contributed by atoms with Crippen LogP contribution in [0.2, 0.25) is 0 Å². The molecule has 0 aliphatic carbocycles. The maximum absolute atomic E-state index is 12.5. The van der Waals surface area contributed by atoms with E-state index >= 15 is 0 Å². The summed E-state index contributed by atoms with van der Waals surface area (Å²) in [6.07, 6.45) is 0.0612. The summed E-state index contributed by atoms with van der Waals surface area (Å²) in [5.41, 5.74) is 1.73. The van der Waals surface area contributed by atoms with E-state index in [2.05, 4.69) is 0 Å². The zero-order valence-electron chi connectivity index (χ0n) is 19.3. The lowest BCUT2D eigenvalue weighted by Gasteiger charge is -2.25. The zero-order chi connectivity index (χ0) is 24.8. The molecule has 0 spiro atoms. The molecule has 0 N–H and O–H groups in total. The number of likely N-dealkylation sites (tertiary alicyclic amines) is 1. The average molecular weight is 472 g/mol. The van der Waals surface area contributed by atoms with Gasteiger partial charge in [-0.15, -0.1) is 0 Å². The second-order valence-electron chi connectivity index (χ2n) is 8.34. The Morgan fingerprint density at radius 3 is 2.17 bits per heavy atom. The Bertz CT molecular complexity index is 1210. The highest BCUT2D eigenvalue weighted by atomic mass is 16.5. The Balaban J connectivity index is 1.28. The zero-order valence-corrected chi connectivity index (χ0v) is 19.3. The van der Waals surface area contributed by atoms with Crippen LogP contribution in [-0.4, -0.2) is 41.7 Å². The molecule has 1 aliphatic heterocycles. The van der Waals surface area contributed by atoms with E-state index < -0.39 is 30.2 Å². The van der Waals surface area contributed by atoms with Gasteiger partial charge in [0.15, 0.2) is 12.4 Å². The number of ketones is 1. The quantitative estimate of drug-likeness (QED) is 0.277. The Morgan fingerprint density at radius 1 is 0.886 bits per heavy atom. The van der Waals surface area contributed by atoms with Gasteiger partial charge in [-0.1, -0.05) is 48.5 Å². The lowest BCUT2D eigenvalue weighted by atomic mass is 10.1. The molecule has 3 aromatic rings. The number of amides is 1. The summed E-state index contributed by atoms with van der Waals surface area (Å²) in [7, 11) is 0. The molecule has 1 aliphatic rings. The fourth-order valence-electron chi connectivity index (χ4n) is 3.96. The molecule has 1 fully saturated rings. The first-order valence-corrected chi connectivity index (χ1v) is 11.3. The van der Waals surface area contributed by atoms with Gasteiger partial charge in [-0.2, -0.15) is 0 Å². The summed E-state index contributed by atoms with van der Waals surface area (Å²) < 4.78 is 10.5. The number of esters is 2. The first kappa shape index (κ1) is 23.9. The van der Waals surface area contributed by atoms with Gasteiger partial charge in [0.2, 0.25) is 5.91 Å². The van der Waals surface area contributed by atoms with Crippen molar-refractivity contribution in [2.45, 2.75) is 19.4 Å². The number of nitrogens with zero attached hydrogens (tertiary/aromatic N) is 1. The molecule has 1 saturated heterocycles. The van der Waals surface area contributed by atoms with Gasteiger partial charge in [0.05, 0.1) is 17.5 Å². The van der Waals surface area contributed by atoms with Crippen LogP contribution in [0.25, 0.3) is 0 Å². The molecule has 1 amide bonds. The van der Waals surface area contributed by atoms with E-state index in [0.29, 0.717) is 16.9 Å². The standard InChI is InChI=1S/C28H25NO6/c1-19(20-8-4-2-5-9-20)29-17-23(16-26(29)31)27(32)34-18-25(30)21-12-14-24(15-13-21)35-28(33)22-10-6-3-7-11-22/h2-15,19,23H,16-18H2,1H3. The van der Waals surface area contributed by atoms with E-state index in [-0.39, 0.29) is 24.9 Å². The monoisotopic (exact) mass is 471 g/mol. The molecule has 0 bridgehead atoms. The van der Waals surface area contributed by atoms with Crippen molar-refractivity contribution in [2.75, 3.05) is 13.2 Å². The van der Waals surface area contributed by atoms with E-state index in [4.69, 9.17) is 9.47 Å². The molecule has 3 aromatic carbocycles. The lowest BCUT2D eigenvalue weighted by Crippen LogP contribution is -2.30. The number of ether oxygens (including phenoxy) is 2. The van der Waals surface area contributed by atoms with Gasteiger partial charge in [-0.05, 0) is 48.9 Å². The largest absolute Gasteiger partial charge is 0.457 e. The molecule has 2 unspecified atom stereocenters. The molecular formula is C28H25NO6. The van der Waals surface area contributed by atoms with E-state index in [9.17, 15) is 19.2 Å². The molecule has 0 saturated carbocycles. The van der Waals surface area contributed by atoms with Gasteiger partial charge >= 0.3 is 11.9 Å². The van der Waals surface area contributed by atoms with Crippen LogP contribution in [0.4, 0.5) is 0 Å². The highest BCUT2D eigenvalue weighted by molar-refractivity contribution is 5.98. The third-order valence-electron chi connectivity index (χ3n) is 5.98. The van der Waals surface area contributed by atoms with Crippen molar-refractivity contribution < 1.29 is 28.7 Å². The van der Waals surface area contributed by atoms with E-state index in [1.165, 1.54) is 24.3 Å². The first-order valence-electron chi connectivity index (χ1n) is 11.3. The maximum Gasteiger partial charge on any atom is 0.343 e. The van der Waals surface area contributed by atoms with E-state index in [0.717, 1.165) is 5.56 Å². The van der Waals surface area contributed by atoms with E-state index in [1.807, 2.05) is 37.3 Å². The van der Waals surface area contributed by atoms with Gasteiger partial charge in [0, 0.05) is 18.5 Å². The lowest BCUT2D eigenvalue weighted by molar-refractivity contribution is -0.147. The molecule has 7 nitrogen and oxygen atoms in total. The van der Waals surface area contributed by atoms with Crippen LogP contribution in [0, 0.1) is 5.92 Å². The van der Waals surface area contributed by atoms with Gasteiger partial charge < -0.3 is 14.4 Å². The minimum atomic E-state index is -0.610. The van der Waals surface area contributed by atoms with Crippen LogP contribution in [0.15, 0.2) is 84.9 Å². The Morgan fingerprint density at radius 2 is 1.51 bits per heavy atom. The molecule has 4 rings (SSSR count). The summed E-state index contributed by atoms with van der Waals surface area (Å²) in [4.78, 5) is 51.3. The highest BCUT2D eigenvalue weighted by Crippen LogP contribution is 2.29. The number of hydrogen-bond acceptors (Lipinski definition) is 6. The van der Waals surface area contributed by atoms with Crippen molar-refractivity contribution in [3.8, 4) is 5.75 Å². The third-order valence-corrected chi connectivity index (χ3v) is 5.98. The second kappa shape index (κ2) is 10.8. The molecule has 1 heterocycles. The van der Waals surface area contributed by atoms with Crippen LogP contribution < -0.4 is 4.74 Å². The van der Waals surface area contributed by atoms with Crippen molar-refractivity contribution in [2.24, 2.45) is 5.92 Å². The Kier molecular flexibility index (Phi) is 7.35. The summed E-state index contributed by atoms with van der Waals surface area (Å²) >= 11 is 0. The predicted octanol–water partition coefficient (Wildman–Crippen LogP) is 4.24. The fourth-order valence-corrected chi connectivity index (χ4v) is 3.96. The normalized spacial score (nSPS) is 16.0. The number of rotatable bonds is 8. The van der Waals surface area contributed by atoms with E-state index in [1.54, 1.807) is 35.2 Å². The average Bonchev–Trinajstić information content (AvgIpc) is 3.29. The summed E-state index contributed by atoms with van der Waals surface area (Å²) in [6, 6.07) is 24.0. The molecule has 0 radical (unpaired) electrons. The van der Waals surface area contributed by atoms with Crippen molar-refractivity contribution >= 4 is 23.6 Å². The van der Waals surface area contributed by atoms with Crippen molar-refractivity contribution in [3.05, 3.63) is 102 Å². The van der Waals surface area contributed by atoms with Crippen LogP contribution in [0.1, 0.15) is 45.7 Å². The van der Waals surface area contributed by atoms with Gasteiger partial charge in [0.25, 0.3) is 0 Å². The maximum atomic E-state index is 12.5. The van der Waals surface area contributed by atoms with Crippen molar-refractivity contribution in [1.29, 1.82) is 0 Å². The smallest absolute Gasteiger partial charge is 0.343 e. The topological polar surface area (TPSA) is 90.0 Å².